The molecule has 6 heteroatoms. The molecule has 0 saturated carbocycles. The highest BCUT2D eigenvalue weighted by molar-refractivity contribution is 7.10. The zero-order valence-corrected chi connectivity index (χ0v) is 13.3. The van der Waals surface area contributed by atoms with Crippen LogP contribution in [0.2, 0.25) is 0 Å². The van der Waals surface area contributed by atoms with Crippen LogP contribution in [0, 0.1) is 0 Å². The third-order valence-corrected chi connectivity index (χ3v) is 5.18. The first-order chi connectivity index (χ1) is 10.3. The van der Waals surface area contributed by atoms with Crippen LogP contribution in [0.4, 0.5) is 0 Å². The van der Waals surface area contributed by atoms with Gasteiger partial charge in [-0.1, -0.05) is 6.07 Å². The van der Waals surface area contributed by atoms with E-state index in [1.807, 2.05) is 11.0 Å². The summed E-state index contributed by atoms with van der Waals surface area (Å²) in [6.07, 6.45) is 0. The van der Waals surface area contributed by atoms with Crippen molar-refractivity contribution in [3.8, 4) is 0 Å². The number of nitrogens with one attached hydrogen (secondary N) is 1. The molecule has 2 saturated heterocycles. The number of carbonyl (C=O) groups is 1. The van der Waals surface area contributed by atoms with E-state index in [0.717, 1.165) is 24.5 Å². The Kier molecular flexibility index (Phi) is 4.90. The van der Waals surface area contributed by atoms with E-state index >= 15 is 0 Å². The summed E-state index contributed by atoms with van der Waals surface area (Å²) in [4.78, 5) is 18.5. The number of carbonyl (C=O) groups excluding carboxylic acids is 1. The van der Waals surface area contributed by atoms with E-state index in [0.29, 0.717) is 32.3 Å². The molecule has 116 valence electrons. The minimum Gasteiger partial charge on any atom is -0.378 e. The first-order valence-corrected chi connectivity index (χ1v) is 8.52. The van der Waals surface area contributed by atoms with Crippen molar-refractivity contribution >= 4 is 17.2 Å². The Bertz CT molecular complexity index is 459. The summed E-state index contributed by atoms with van der Waals surface area (Å²) in [6.45, 7) is 7.72. The molecule has 2 atom stereocenters. The fraction of sp³-hybridized carbons (Fsp3) is 0.667. The number of piperazine rings is 1. The SMILES string of the molecule is CC1CNCCN1C(C(=O)N1CCOCC1)c1cccs1. The number of ether oxygens (including phenoxy) is 1. The average molecular weight is 309 g/mol. The predicted molar refractivity (Wildman–Crippen MR) is 83.5 cm³/mol. The van der Waals surface area contributed by atoms with E-state index in [-0.39, 0.29) is 11.9 Å². The van der Waals surface area contributed by atoms with Gasteiger partial charge in [0.2, 0.25) is 5.91 Å². The molecule has 0 radical (unpaired) electrons. The van der Waals surface area contributed by atoms with E-state index in [1.54, 1.807) is 11.3 Å². The molecule has 2 fully saturated rings. The second kappa shape index (κ2) is 6.87. The van der Waals surface area contributed by atoms with E-state index in [9.17, 15) is 4.79 Å². The van der Waals surface area contributed by atoms with Crippen LogP contribution < -0.4 is 5.32 Å². The van der Waals surface area contributed by atoms with Gasteiger partial charge in [-0.3, -0.25) is 9.69 Å². The first kappa shape index (κ1) is 15.0. The van der Waals surface area contributed by atoms with Crippen molar-refractivity contribution in [1.82, 2.24) is 15.1 Å². The van der Waals surface area contributed by atoms with Crippen molar-refractivity contribution < 1.29 is 9.53 Å². The van der Waals surface area contributed by atoms with Crippen LogP contribution in [0.3, 0.4) is 0 Å². The van der Waals surface area contributed by atoms with Gasteiger partial charge in [-0.15, -0.1) is 11.3 Å². The molecular weight excluding hydrogens is 286 g/mol. The number of rotatable bonds is 3. The smallest absolute Gasteiger partial charge is 0.245 e. The zero-order valence-electron chi connectivity index (χ0n) is 12.5. The standard InChI is InChI=1S/C15H23N3O2S/c1-12-11-16-4-5-18(12)14(13-3-2-10-21-13)15(19)17-6-8-20-9-7-17/h2-3,10,12,14,16H,4-9,11H2,1H3. The number of nitrogens with zero attached hydrogens (tertiary/aromatic N) is 2. The lowest BCUT2D eigenvalue weighted by atomic mass is 10.1. The molecule has 1 aromatic rings. The van der Waals surface area contributed by atoms with E-state index in [1.165, 1.54) is 0 Å². The third kappa shape index (κ3) is 3.29. The maximum atomic E-state index is 13.1. The summed E-state index contributed by atoms with van der Waals surface area (Å²) in [5.41, 5.74) is 0. The fourth-order valence-electron chi connectivity index (χ4n) is 3.07. The lowest BCUT2D eigenvalue weighted by Gasteiger charge is -2.41. The fourth-order valence-corrected chi connectivity index (χ4v) is 3.91. The molecule has 1 aromatic heterocycles. The normalized spacial score (nSPS) is 25.8. The predicted octanol–water partition coefficient (Wildman–Crippen LogP) is 0.942. The molecule has 3 heterocycles. The van der Waals surface area contributed by atoms with E-state index in [2.05, 4.69) is 28.6 Å². The summed E-state index contributed by atoms with van der Waals surface area (Å²) in [6, 6.07) is 4.35. The van der Waals surface area contributed by atoms with Gasteiger partial charge in [-0.05, 0) is 18.4 Å². The van der Waals surface area contributed by atoms with Gasteiger partial charge in [0, 0.05) is 43.6 Å². The molecule has 1 N–H and O–H groups in total. The van der Waals surface area contributed by atoms with E-state index < -0.39 is 0 Å². The number of amides is 1. The minimum absolute atomic E-state index is 0.139. The molecule has 5 nitrogen and oxygen atoms in total. The van der Waals surface area contributed by atoms with Crippen molar-refractivity contribution in [2.45, 2.75) is 19.0 Å². The molecular formula is C15H23N3O2S. The minimum atomic E-state index is -0.139. The Morgan fingerprint density at radius 2 is 2.24 bits per heavy atom. The van der Waals surface area contributed by atoms with Gasteiger partial charge in [-0.25, -0.2) is 0 Å². The van der Waals surface area contributed by atoms with Crippen molar-refractivity contribution in [3.63, 3.8) is 0 Å². The maximum Gasteiger partial charge on any atom is 0.245 e. The van der Waals surface area contributed by atoms with Crippen molar-refractivity contribution in [2.24, 2.45) is 0 Å². The van der Waals surface area contributed by atoms with Crippen LogP contribution in [0.25, 0.3) is 0 Å². The number of hydrogen-bond acceptors (Lipinski definition) is 5. The van der Waals surface area contributed by atoms with Crippen LogP contribution in [0.5, 0.6) is 0 Å². The Hall–Kier alpha value is -0.950. The molecule has 3 rings (SSSR count). The van der Waals surface area contributed by atoms with E-state index in [4.69, 9.17) is 4.74 Å². The lowest BCUT2D eigenvalue weighted by Crippen LogP contribution is -2.55. The molecule has 2 aliphatic heterocycles. The van der Waals surface area contributed by atoms with Crippen molar-refractivity contribution in [3.05, 3.63) is 22.4 Å². The van der Waals surface area contributed by atoms with Gasteiger partial charge >= 0.3 is 0 Å². The van der Waals surface area contributed by atoms with Crippen molar-refractivity contribution in [1.29, 1.82) is 0 Å². The van der Waals surface area contributed by atoms with Crippen LogP contribution >= 0.6 is 11.3 Å². The summed E-state index contributed by atoms with van der Waals surface area (Å²) < 4.78 is 5.37. The summed E-state index contributed by atoms with van der Waals surface area (Å²) >= 11 is 1.68. The Morgan fingerprint density at radius 3 is 2.90 bits per heavy atom. The molecule has 0 spiro atoms. The summed E-state index contributed by atoms with van der Waals surface area (Å²) in [5, 5.41) is 5.46. The molecule has 21 heavy (non-hydrogen) atoms. The summed E-state index contributed by atoms with van der Waals surface area (Å²) in [5.74, 6) is 0.231. The molecule has 2 unspecified atom stereocenters. The number of morpholine rings is 1. The topological polar surface area (TPSA) is 44.8 Å². The highest BCUT2D eigenvalue weighted by Gasteiger charge is 2.36. The second-order valence-electron chi connectivity index (χ2n) is 5.65. The Labute approximate surface area is 129 Å². The molecule has 1 amide bonds. The third-order valence-electron chi connectivity index (χ3n) is 4.25. The lowest BCUT2D eigenvalue weighted by molar-refractivity contribution is -0.142. The number of thiophene rings is 1. The van der Waals surface area contributed by atoms with Gasteiger partial charge < -0.3 is 15.0 Å². The van der Waals surface area contributed by atoms with Gasteiger partial charge in [0.25, 0.3) is 0 Å². The van der Waals surface area contributed by atoms with Crippen LogP contribution in [-0.4, -0.2) is 67.7 Å². The van der Waals surface area contributed by atoms with Crippen LogP contribution in [0.15, 0.2) is 17.5 Å². The monoisotopic (exact) mass is 309 g/mol. The maximum absolute atomic E-state index is 13.1. The van der Waals surface area contributed by atoms with Gasteiger partial charge in [0.1, 0.15) is 6.04 Å². The first-order valence-electron chi connectivity index (χ1n) is 7.64. The van der Waals surface area contributed by atoms with Crippen molar-refractivity contribution in [2.75, 3.05) is 45.9 Å². The molecule has 2 aliphatic rings. The number of hydrogen-bond donors (Lipinski definition) is 1. The quantitative estimate of drug-likeness (QED) is 0.903. The largest absolute Gasteiger partial charge is 0.378 e. The molecule has 0 aromatic carbocycles. The van der Waals surface area contributed by atoms with Gasteiger partial charge in [0.05, 0.1) is 13.2 Å². The van der Waals surface area contributed by atoms with Crippen LogP contribution in [0.1, 0.15) is 17.8 Å². The second-order valence-corrected chi connectivity index (χ2v) is 6.63. The zero-order chi connectivity index (χ0) is 14.7. The average Bonchev–Trinajstić information content (AvgIpc) is 3.04. The highest BCUT2D eigenvalue weighted by Crippen LogP contribution is 2.29. The highest BCUT2D eigenvalue weighted by atomic mass is 32.1. The Morgan fingerprint density at radius 1 is 1.43 bits per heavy atom. The van der Waals surface area contributed by atoms with Gasteiger partial charge in [-0.2, -0.15) is 0 Å². The molecule has 0 aliphatic carbocycles. The molecule has 0 bridgehead atoms. The Balaban J connectivity index is 1.83. The summed E-state index contributed by atoms with van der Waals surface area (Å²) in [7, 11) is 0. The van der Waals surface area contributed by atoms with Gasteiger partial charge in [0.15, 0.2) is 0 Å². The van der Waals surface area contributed by atoms with Crippen LogP contribution in [-0.2, 0) is 9.53 Å².